The van der Waals surface area contributed by atoms with E-state index in [1.54, 1.807) is 10.8 Å². The maximum absolute atomic E-state index is 12.5. The molecular weight excluding hydrogens is 352 g/mol. The molecule has 1 unspecified atom stereocenters. The molecule has 6 nitrogen and oxygen atoms in total. The Kier molecular flexibility index (Phi) is 4.76. The number of benzene rings is 2. The predicted molar refractivity (Wildman–Crippen MR) is 107 cm³/mol. The van der Waals surface area contributed by atoms with Gasteiger partial charge in [0.15, 0.2) is 0 Å². The average Bonchev–Trinajstić information content (AvgIpc) is 3.30. The predicted octanol–water partition coefficient (Wildman–Crippen LogP) is 3.20. The van der Waals surface area contributed by atoms with Gasteiger partial charge in [0, 0.05) is 23.4 Å². The third-order valence-electron chi connectivity index (χ3n) is 4.62. The lowest BCUT2D eigenvalue weighted by Crippen LogP contribution is -2.41. The van der Waals surface area contributed by atoms with Gasteiger partial charge >= 0.3 is 0 Å². The lowest BCUT2D eigenvalue weighted by atomic mass is 10.1. The zero-order chi connectivity index (χ0) is 19.5. The van der Waals surface area contributed by atoms with Gasteiger partial charge in [-0.05, 0) is 25.1 Å². The fourth-order valence-corrected chi connectivity index (χ4v) is 3.21. The molecule has 0 aliphatic carbocycles. The highest BCUT2D eigenvalue weighted by molar-refractivity contribution is 5.95. The van der Waals surface area contributed by atoms with E-state index in [-0.39, 0.29) is 17.9 Å². The van der Waals surface area contributed by atoms with Crippen LogP contribution >= 0.6 is 0 Å². The van der Waals surface area contributed by atoms with Crippen molar-refractivity contribution in [2.75, 3.05) is 0 Å². The molecule has 4 rings (SSSR count). The van der Waals surface area contributed by atoms with Crippen LogP contribution in [0.2, 0.25) is 0 Å². The summed E-state index contributed by atoms with van der Waals surface area (Å²) >= 11 is 0. The van der Waals surface area contributed by atoms with E-state index in [1.165, 1.54) is 11.1 Å². The first-order chi connectivity index (χ1) is 13.6. The number of nitrogens with one attached hydrogen (secondary N) is 1. The molecule has 28 heavy (non-hydrogen) atoms. The maximum atomic E-state index is 12.5. The Bertz CT molecular complexity index is 1030. The summed E-state index contributed by atoms with van der Waals surface area (Å²) in [6, 6.07) is 19.5. The number of nitrogens with zero attached hydrogens (tertiary/aromatic N) is 3. The summed E-state index contributed by atoms with van der Waals surface area (Å²) in [6.07, 6.45) is 5.43. The fraction of sp³-hybridized carbons (Fsp3) is 0.136. The minimum absolute atomic E-state index is 0.142. The smallest absolute Gasteiger partial charge is 0.265 e. The molecule has 3 aromatic rings. The summed E-state index contributed by atoms with van der Waals surface area (Å²) in [5.74, 6) is -0.402. The Hall–Kier alpha value is -3.67. The molecule has 1 aliphatic rings. The molecule has 2 aromatic carbocycles. The third kappa shape index (κ3) is 3.57. The lowest BCUT2D eigenvalue weighted by Gasteiger charge is -2.17. The number of para-hydroxylation sites is 1. The van der Waals surface area contributed by atoms with Crippen molar-refractivity contribution in [3.05, 3.63) is 78.5 Å². The molecule has 0 radical (unpaired) electrons. The van der Waals surface area contributed by atoms with Gasteiger partial charge in [0.05, 0.1) is 23.8 Å². The van der Waals surface area contributed by atoms with Crippen LogP contribution in [0.15, 0.2) is 72.9 Å². The molecular formula is C22H20N4O2. The number of hydrogen-bond donors (Lipinski definition) is 1. The van der Waals surface area contributed by atoms with Crippen molar-refractivity contribution in [1.82, 2.24) is 20.2 Å². The zero-order valence-corrected chi connectivity index (χ0v) is 15.4. The summed E-state index contributed by atoms with van der Waals surface area (Å²) in [5.41, 5.74) is 6.10. The second-order valence-corrected chi connectivity index (χ2v) is 6.71. The van der Waals surface area contributed by atoms with E-state index in [0.29, 0.717) is 6.42 Å². The Balaban J connectivity index is 1.68. The molecule has 1 saturated heterocycles. The molecule has 1 fully saturated rings. The second kappa shape index (κ2) is 7.52. The molecule has 1 aliphatic heterocycles. The van der Waals surface area contributed by atoms with E-state index >= 15 is 0 Å². The van der Waals surface area contributed by atoms with Crippen LogP contribution in [0.4, 0.5) is 0 Å². The largest absolute Gasteiger partial charge is 0.273 e. The first-order valence-corrected chi connectivity index (χ1v) is 9.13. The standard InChI is InChI=1S/C22H20N4O2/c1-16-14-20(27)23-26(16)21(28)13-12-18-15-25(19-10-6-3-7-11-19)24-22(18)17-8-4-2-5-9-17/h2-13,15-16H,14H2,1H3,(H,23,27)/b13-12+. The minimum atomic E-state index is -0.259. The summed E-state index contributed by atoms with van der Waals surface area (Å²) in [5, 5.41) is 6.09. The lowest BCUT2D eigenvalue weighted by molar-refractivity contribution is -0.133. The van der Waals surface area contributed by atoms with E-state index in [0.717, 1.165) is 22.5 Å². The quantitative estimate of drug-likeness (QED) is 0.715. The van der Waals surface area contributed by atoms with Crippen molar-refractivity contribution < 1.29 is 9.59 Å². The van der Waals surface area contributed by atoms with Crippen LogP contribution in [0.5, 0.6) is 0 Å². The van der Waals surface area contributed by atoms with E-state index in [4.69, 9.17) is 5.10 Å². The highest BCUT2D eigenvalue weighted by Gasteiger charge is 2.29. The van der Waals surface area contributed by atoms with Crippen molar-refractivity contribution >= 4 is 17.9 Å². The Morgan fingerprint density at radius 2 is 1.79 bits per heavy atom. The summed E-state index contributed by atoms with van der Waals surface area (Å²) < 4.78 is 1.80. The zero-order valence-electron chi connectivity index (χ0n) is 15.4. The maximum Gasteiger partial charge on any atom is 0.265 e. The molecule has 6 heteroatoms. The summed E-state index contributed by atoms with van der Waals surface area (Å²) in [4.78, 5) is 24.0. The van der Waals surface area contributed by atoms with Gasteiger partial charge in [-0.15, -0.1) is 0 Å². The highest BCUT2D eigenvalue weighted by atomic mass is 16.2. The highest BCUT2D eigenvalue weighted by Crippen LogP contribution is 2.25. The van der Waals surface area contributed by atoms with Crippen molar-refractivity contribution in [3.63, 3.8) is 0 Å². The topological polar surface area (TPSA) is 67.2 Å². The fourth-order valence-electron chi connectivity index (χ4n) is 3.21. The Labute approximate surface area is 163 Å². The Morgan fingerprint density at radius 3 is 2.43 bits per heavy atom. The number of amides is 2. The van der Waals surface area contributed by atoms with Gasteiger partial charge < -0.3 is 0 Å². The first kappa shape index (κ1) is 17.7. The van der Waals surface area contributed by atoms with Crippen LogP contribution < -0.4 is 5.43 Å². The van der Waals surface area contributed by atoms with Crippen molar-refractivity contribution in [2.24, 2.45) is 0 Å². The van der Waals surface area contributed by atoms with Crippen LogP contribution in [-0.4, -0.2) is 32.6 Å². The average molecular weight is 372 g/mol. The van der Waals surface area contributed by atoms with Crippen LogP contribution in [0.3, 0.4) is 0 Å². The van der Waals surface area contributed by atoms with Crippen LogP contribution in [0, 0.1) is 0 Å². The van der Waals surface area contributed by atoms with Gasteiger partial charge in [-0.25, -0.2) is 9.69 Å². The SMILES string of the molecule is CC1CC(=O)NN1C(=O)/C=C/c1cn(-c2ccccc2)nc1-c1ccccc1. The van der Waals surface area contributed by atoms with Crippen molar-refractivity contribution in [1.29, 1.82) is 0 Å². The molecule has 0 bridgehead atoms. The molecule has 1 N–H and O–H groups in total. The van der Waals surface area contributed by atoms with Gasteiger partial charge in [-0.2, -0.15) is 5.10 Å². The molecule has 2 heterocycles. The van der Waals surface area contributed by atoms with Crippen molar-refractivity contribution in [2.45, 2.75) is 19.4 Å². The molecule has 0 spiro atoms. The minimum Gasteiger partial charge on any atom is -0.273 e. The molecule has 1 atom stereocenters. The van der Waals surface area contributed by atoms with E-state index in [9.17, 15) is 9.59 Å². The normalized spacial score (nSPS) is 16.5. The summed E-state index contributed by atoms with van der Waals surface area (Å²) in [7, 11) is 0. The van der Waals surface area contributed by atoms with Crippen LogP contribution in [0.1, 0.15) is 18.9 Å². The van der Waals surface area contributed by atoms with E-state index < -0.39 is 0 Å². The Morgan fingerprint density at radius 1 is 1.11 bits per heavy atom. The molecule has 1 aromatic heterocycles. The number of rotatable bonds is 4. The van der Waals surface area contributed by atoms with Crippen LogP contribution in [-0.2, 0) is 9.59 Å². The molecule has 2 amide bonds. The van der Waals surface area contributed by atoms with E-state index in [2.05, 4.69) is 5.43 Å². The van der Waals surface area contributed by atoms with Gasteiger partial charge in [0.2, 0.25) is 5.91 Å². The number of hydrogen-bond acceptors (Lipinski definition) is 3. The first-order valence-electron chi connectivity index (χ1n) is 9.13. The van der Waals surface area contributed by atoms with E-state index in [1.807, 2.05) is 73.8 Å². The van der Waals surface area contributed by atoms with Gasteiger partial charge in [0.1, 0.15) is 0 Å². The number of aromatic nitrogens is 2. The number of carbonyl (C=O) groups is 2. The molecule has 0 saturated carbocycles. The van der Waals surface area contributed by atoms with Crippen LogP contribution in [0.25, 0.3) is 23.0 Å². The monoisotopic (exact) mass is 372 g/mol. The van der Waals surface area contributed by atoms with Crippen molar-refractivity contribution in [3.8, 4) is 16.9 Å². The van der Waals surface area contributed by atoms with Gasteiger partial charge in [-0.1, -0.05) is 48.5 Å². The molecule has 140 valence electrons. The third-order valence-corrected chi connectivity index (χ3v) is 4.62. The number of hydrazine groups is 1. The number of carbonyl (C=O) groups excluding carboxylic acids is 2. The van der Waals surface area contributed by atoms with Gasteiger partial charge in [0.25, 0.3) is 5.91 Å². The van der Waals surface area contributed by atoms with Gasteiger partial charge in [-0.3, -0.25) is 15.0 Å². The second-order valence-electron chi connectivity index (χ2n) is 6.71. The summed E-state index contributed by atoms with van der Waals surface area (Å²) in [6.45, 7) is 1.84.